The van der Waals surface area contributed by atoms with Gasteiger partial charge in [-0.05, 0) is 97.4 Å². The number of aryl methyl sites for hydroxylation is 1. The van der Waals surface area contributed by atoms with Crippen molar-refractivity contribution in [3.8, 4) is 16.9 Å². The summed E-state index contributed by atoms with van der Waals surface area (Å²) in [6.07, 6.45) is 10.6. The van der Waals surface area contributed by atoms with Crippen LogP contribution in [-0.4, -0.2) is 77.4 Å². The maximum absolute atomic E-state index is 13.1. The molecule has 8 rings (SSSR count). The Morgan fingerprint density at radius 1 is 0.913 bits per heavy atom. The zero-order valence-electron chi connectivity index (χ0n) is 25.8. The molecule has 11 nitrogen and oxygen atoms in total. The maximum atomic E-state index is 13.1. The van der Waals surface area contributed by atoms with Crippen LogP contribution in [0, 0.1) is 23.2 Å². The average Bonchev–Trinajstić information content (AvgIpc) is 3.02. The largest absolute Gasteiger partial charge is 0.506 e. The lowest BCUT2D eigenvalue weighted by atomic mass is 9.50. The molecule has 1 aliphatic heterocycles. The van der Waals surface area contributed by atoms with Crippen LogP contribution < -0.4 is 9.62 Å². The third kappa shape index (κ3) is 6.58. The molecule has 0 radical (unpaired) electrons. The number of anilines is 1. The van der Waals surface area contributed by atoms with Crippen molar-refractivity contribution in [2.45, 2.75) is 51.4 Å². The van der Waals surface area contributed by atoms with Crippen molar-refractivity contribution >= 4 is 27.7 Å². The molecule has 1 aromatic carbocycles. The van der Waals surface area contributed by atoms with Gasteiger partial charge in [0, 0.05) is 44.4 Å². The van der Waals surface area contributed by atoms with Crippen LogP contribution >= 0.6 is 0 Å². The first-order valence-corrected chi connectivity index (χ1v) is 17.9. The standard InChI is InChI=1S/C34H40N6O5S/c41-28-16-27(20-35-21-28)29-4-2-1-3-26(29)5-8-32(42)40-11-9-39(10-12-40)31-7-6-30(36-37-31)33(43)38-46(44,45)22-34-17-23-13-24(18-34)15-25(14-23)19-34/h1-4,6-7,16,20-21,23-25,41H,5,8-15,17-19,22H2,(H,38,43). The van der Waals surface area contributed by atoms with Gasteiger partial charge in [0.15, 0.2) is 11.5 Å². The van der Waals surface area contributed by atoms with Gasteiger partial charge >= 0.3 is 0 Å². The molecule has 4 saturated carbocycles. The molecule has 4 aliphatic carbocycles. The van der Waals surface area contributed by atoms with Gasteiger partial charge in [0.25, 0.3) is 5.91 Å². The molecule has 2 N–H and O–H groups in total. The Morgan fingerprint density at radius 2 is 1.61 bits per heavy atom. The topological polar surface area (TPSA) is 146 Å². The number of nitrogens with one attached hydrogen (secondary N) is 1. The molecule has 1 saturated heterocycles. The molecular weight excluding hydrogens is 604 g/mol. The number of pyridine rings is 1. The molecule has 3 heterocycles. The number of carbonyl (C=O) groups excluding carboxylic acids is 2. The van der Waals surface area contributed by atoms with Gasteiger partial charge in [-0.15, -0.1) is 10.2 Å². The van der Waals surface area contributed by atoms with Crippen LogP contribution in [0.15, 0.2) is 54.9 Å². The van der Waals surface area contributed by atoms with Crippen LogP contribution in [-0.2, 0) is 21.2 Å². The number of benzene rings is 1. The molecule has 0 atom stereocenters. The zero-order valence-corrected chi connectivity index (χ0v) is 26.7. The predicted molar refractivity (Wildman–Crippen MR) is 172 cm³/mol. The average molecular weight is 645 g/mol. The first kappa shape index (κ1) is 30.6. The molecule has 0 unspecified atom stereocenters. The summed E-state index contributed by atoms with van der Waals surface area (Å²) in [7, 11) is -3.81. The van der Waals surface area contributed by atoms with E-state index >= 15 is 0 Å². The van der Waals surface area contributed by atoms with E-state index in [0.717, 1.165) is 36.0 Å². The number of rotatable bonds is 9. The van der Waals surface area contributed by atoms with Crippen molar-refractivity contribution < 1.29 is 23.1 Å². The molecule has 12 heteroatoms. The van der Waals surface area contributed by atoms with Crippen LogP contribution in [0.5, 0.6) is 5.75 Å². The molecule has 0 spiro atoms. The monoisotopic (exact) mass is 644 g/mol. The van der Waals surface area contributed by atoms with E-state index in [2.05, 4.69) is 19.9 Å². The molecule has 4 bridgehead atoms. The lowest BCUT2D eigenvalue weighted by Gasteiger charge is -2.56. The lowest BCUT2D eigenvalue weighted by Crippen LogP contribution is -2.51. The fourth-order valence-electron chi connectivity index (χ4n) is 8.89. The number of amides is 2. The first-order chi connectivity index (χ1) is 22.1. The van der Waals surface area contributed by atoms with Gasteiger partial charge in [0.1, 0.15) is 5.75 Å². The SMILES string of the molecule is O=C(NS(=O)(=O)CC12CC3CC(CC(C3)C1)C2)c1ccc(N2CCN(C(=O)CCc3ccccc3-c3cncc(O)c3)CC2)nn1. The summed E-state index contributed by atoms with van der Waals surface area (Å²) in [6.45, 7) is 2.20. The molecule has 46 heavy (non-hydrogen) atoms. The molecule has 242 valence electrons. The Labute approximate surface area is 269 Å². The van der Waals surface area contributed by atoms with Gasteiger partial charge in [0.05, 0.1) is 11.9 Å². The van der Waals surface area contributed by atoms with Gasteiger partial charge in [-0.2, -0.15) is 0 Å². The van der Waals surface area contributed by atoms with Crippen LogP contribution in [0.1, 0.15) is 61.0 Å². The van der Waals surface area contributed by atoms with Crippen LogP contribution in [0.4, 0.5) is 5.82 Å². The van der Waals surface area contributed by atoms with E-state index < -0.39 is 15.9 Å². The molecule has 5 fully saturated rings. The van der Waals surface area contributed by atoms with Crippen molar-refractivity contribution in [3.05, 3.63) is 66.1 Å². The van der Waals surface area contributed by atoms with Gasteiger partial charge in [-0.1, -0.05) is 24.3 Å². The summed E-state index contributed by atoms with van der Waals surface area (Å²) in [4.78, 5) is 33.9. The van der Waals surface area contributed by atoms with E-state index in [1.54, 1.807) is 18.3 Å². The number of piperazine rings is 1. The number of nitrogens with zero attached hydrogens (tertiary/aromatic N) is 5. The number of aromatic nitrogens is 3. The minimum absolute atomic E-state index is 0.00528. The van der Waals surface area contributed by atoms with E-state index in [1.165, 1.54) is 31.5 Å². The van der Waals surface area contributed by atoms with Crippen molar-refractivity contribution in [3.63, 3.8) is 0 Å². The second-order valence-electron chi connectivity index (χ2n) is 13.8. The smallest absolute Gasteiger partial charge is 0.285 e. The Kier molecular flexibility index (Phi) is 8.16. The summed E-state index contributed by atoms with van der Waals surface area (Å²) in [5, 5.41) is 18.1. The maximum Gasteiger partial charge on any atom is 0.285 e. The third-order valence-electron chi connectivity index (χ3n) is 10.4. The Balaban J connectivity index is 0.900. The summed E-state index contributed by atoms with van der Waals surface area (Å²) in [5.74, 6) is 1.89. The minimum Gasteiger partial charge on any atom is -0.506 e. The van der Waals surface area contributed by atoms with Gasteiger partial charge in [-0.25, -0.2) is 13.1 Å². The van der Waals surface area contributed by atoms with Crippen molar-refractivity contribution in [2.75, 3.05) is 36.8 Å². The fraction of sp³-hybridized carbons (Fsp3) is 0.500. The van der Waals surface area contributed by atoms with Crippen molar-refractivity contribution in [1.82, 2.24) is 24.8 Å². The van der Waals surface area contributed by atoms with Crippen LogP contribution in [0.25, 0.3) is 11.1 Å². The number of hydrogen-bond acceptors (Lipinski definition) is 9. The van der Waals surface area contributed by atoms with E-state index in [4.69, 9.17) is 0 Å². The normalized spacial score (nSPS) is 25.4. The molecule has 2 aromatic heterocycles. The highest BCUT2D eigenvalue weighted by Gasteiger charge is 2.52. The number of sulfonamides is 1. The Bertz CT molecular complexity index is 1690. The van der Waals surface area contributed by atoms with E-state index in [0.29, 0.717) is 62.6 Å². The fourth-order valence-corrected chi connectivity index (χ4v) is 10.5. The van der Waals surface area contributed by atoms with Crippen molar-refractivity contribution in [2.24, 2.45) is 23.2 Å². The van der Waals surface area contributed by atoms with E-state index in [1.807, 2.05) is 34.1 Å². The summed E-state index contributed by atoms with van der Waals surface area (Å²) < 4.78 is 28.4. The highest BCUT2D eigenvalue weighted by Crippen LogP contribution is 2.60. The second-order valence-corrected chi connectivity index (χ2v) is 15.6. The summed E-state index contributed by atoms with van der Waals surface area (Å²) in [6, 6.07) is 12.7. The number of aromatic hydroxyl groups is 1. The zero-order chi connectivity index (χ0) is 31.9. The first-order valence-electron chi connectivity index (χ1n) is 16.3. The predicted octanol–water partition coefficient (Wildman–Crippen LogP) is 3.80. The summed E-state index contributed by atoms with van der Waals surface area (Å²) >= 11 is 0. The highest BCUT2D eigenvalue weighted by molar-refractivity contribution is 7.90. The van der Waals surface area contributed by atoms with Gasteiger partial charge < -0.3 is 14.9 Å². The second kappa shape index (κ2) is 12.3. The van der Waals surface area contributed by atoms with Crippen LogP contribution in [0.2, 0.25) is 0 Å². The van der Waals surface area contributed by atoms with Gasteiger partial charge in [-0.3, -0.25) is 14.6 Å². The highest BCUT2D eigenvalue weighted by atomic mass is 32.2. The quantitative estimate of drug-likeness (QED) is 0.355. The van der Waals surface area contributed by atoms with Gasteiger partial charge in [0.2, 0.25) is 15.9 Å². The minimum atomic E-state index is -3.81. The Hall–Kier alpha value is -4.06. The lowest BCUT2D eigenvalue weighted by molar-refractivity contribution is -0.131. The molecule has 5 aliphatic rings. The summed E-state index contributed by atoms with van der Waals surface area (Å²) in [5.41, 5.74) is 2.53. The molecular formula is C34H40N6O5S. The van der Waals surface area contributed by atoms with Crippen molar-refractivity contribution in [1.29, 1.82) is 0 Å². The third-order valence-corrected chi connectivity index (χ3v) is 11.9. The number of hydrogen-bond donors (Lipinski definition) is 2. The molecule has 3 aromatic rings. The van der Waals surface area contributed by atoms with E-state index in [-0.39, 0.29) is 28.5 Å². The Morgan fingerprint density at radius 3 is 2.26 bits per heavy atom. The molecule has 2 amide bonds. The van der Waals surface area contributed by atoms with Crippen LogP contribution in [0.3, 0.4) is 0 Å². The number of carbonyl (C=O) groups is 2. The van der Waals surface area contributed by atoms with E-state index in [9.17, 15) is 23.1 Å².